The Balaban J connectivity index is 2.07. The minimum atomic E-state index is 0.257. The van der Waals surface area contributed by atoms with Crippen molar-refractivity contribution >= 4 is 29.1 Å². The number of aromatic nitrogens is 2. The third-order valence-corrected chi connectivity index (χ3v) is 3.12. The van der Waals surface area contributed by atoms with Crippen molar-refractivity contribution in [1.29, 1.82) is 0 Å². The van der Waals surface area contributed by atoms with E-state index in [1.807, 2.05) is 0 Å². The van der Waals surface area contributed by atoms with E-state index >= 15 is 0 Å². The number of hydrogen-bond donors (Lipinski definition) is 0. The molecule has 0 saturated carbocycles. The second-order valence-electron chi connectivity index (χ2n) is 2.36. The third-order valence-electron chi connectivity index (χ3n) is 1.24. The molecule has 0 aliphatic rings. The molecule has 0 bridgehead atoms. The maximum atomic E-state index is 10.6. The Morgan fingerprint density at radius 2 is 2.58 bits per heavy atom. The van der Waals surface area contributed by atoms with Crippen LogP contribution in [0.2, 0.25) is 0 Å². The first kappa shape index (κ1) is 9.67. The molecule has 12 heavy (non-hydrogen) atoms. The summed E-state index contributed by atoms with van der Waals surface area (Å²) in [6.07, 6.45) is 3.16. The normalized spacial score (nSPS) is 10.1. The fraction of sp³-hybridized carbons (Fsp3) is 0.571. The van der Waals surface area contributed by atoms with Gasteiger partial charge < -0.3 is 4.79 Å². The molecule has 0 amide bonds. The Kier molecular flexibility index (Phi) is 4.24. The Morgan fingerprint density at radius 1 is 1.75 bits per heavy atom. The van der Waals surface area contributed by atoms with Gasteiger partial charge in [0, 0.05) is 12.2 Å². The summed E-state index contributed by atoms with van der Waals surface area (Å²) in [5.41, 5.74) is 0. The molecule has 1 rings (SSSR count). The first-order valence-electron chi connectivity index (χ1n) is 3.68. The van der Waals surface area contributed by atoms with Crippen LogP contribution in [0.15, 0.2) is 10.7 Å². The zero-order valence-corrected chi connectivity index (χ0v) is 8.45. The van der Waals surface area contributed by atoms with Crippen LogP contribution < -0.4 is 0 Å². The highest BCUT2D eigenvalue weighted by Gasteiger charge is 1.98. The fourth-order valence-electron chi connectivity index (χ4n) is 0.707. The van der Waals surface area contributed by atoms with Crippen molar-refractivity contribution in [2.75, 3.05) is 5.75 Å². The molecule has 0 unspecified atom stereocenters. The van der Waals surface area contributed by atoms with Crippen molar-refractivity contribution in [3.63, 3.8) is 0 Å². The Bertz CT molecular complexity index is 236. The van der Waals surface area contributed by atoms with E-state index in [9.17, 15) is 4.79 Å². The lowest BCUT2D eigenvalue weighted by atomic mass is 10.3. The van der Waals surface area contributed by atoms with E-state index < -0.39 is 0 Å². The van der Waals surface area contributed by atoms with Gasteiger partial charge in [0.1, 0.15) is 12.1 Å². The first-order chi connectivity index (χ1) is 5.79. The smallest absolute Gasteiger partial charge is 0.169 e. The van der Waals surface area contributed by atoms with Crippen molar-refractivity contribution in [2.24, 2.45) is 0 Å². The molecule has 0 spiro atoms. The standard InChI is InChI=1S/C7H10N2OS2/c1-6(10)3-2-4-11-7-8-5-9-12-7/h5H,2-4H2,1H3. The number of nitrogens with zero attached hydrogens (tertiary/aromatic N) is 2. The van der Waals surface area contributed by atoms with Crippen molar-refractivity contribution < 1.29 is 4.79 Å². The van der Waals surface area contributed by atoms with E-state index in [-0.39, 0.29) is 5.78 Å². The maximum Gasteiger partial charge on any atom is 0.169 e. The average molecular weight is 202 g/mol. The summed E-state index contributed by atoms with van der Waals surface area (Å²) in [6, 6.07) is 0. The Labute approximate surface area is 79.8 Å². The molecule has 0 radical (unpaired) electrons. The van der Waals surface area contributed by atoms with Crippen LogP contribution in [-0.2, 0) is 4.79 Å². The Hall–Kier alpha value is -0.420. The van der Waals surface area contributed by atoms with Gasteiger partial charge in [0.05, 0.1) is 0 Å². The molecule has 5 heteroatoms. The zero-order chi connectivity index (χ0) is 8.81. The zero-order valence-electron chi connectivity index (χ0n) is 6.82. The van der Waals surface area contributed by atoms with Crippen LogP contribution in [0.4, 0.5) is 0 Å². The van der Waals surface area contributed by atoms with Gasteiger partial charge in [-0.1, -0.05) is 11.8 Å². The number of carbonyl (C=O) groups excluding carboxylic acids is 1. The highest BCUT2D eigenvalue weighted by Crippen LogP contribution is 2.19. The number of carbonyl (C=O) groups is 1. The van der Waals surface area contributed by atoms with E-state index in [1.54, 1.807) is 25.0 Å². The number of thioether (sulfide) groups is 1. The van der Waals surface area contributed by atoms with Gasteiger partial charge in [0.15, 0.2) is 4.34 Å². The molecule has 1 aromatic rings. The molecule has 66 valence electrons. The number of ketones is 1. The first-order valence-corrected chi connectivity index (χ1v) is 5.44. The maximum absolute atomic E-state index is 10.6. The number of rotatable bonds is 5. The lowest BCUT2D eigenvalue weighted by molar-refractivity contribution is -0.117. The summed E-state index contributed by atoms with van der Waals surface area (Å²) in [7, 11) is 0. The molecule has 0 N–H and O–H groups in total. The largest absolute Gasteiger partial charge is 0.300 e. The van der Waals surface area contributed by atoms with E-state index in [1.165, 1.54) is 11.5 Å². The summed E-state index contributed by atoms with van der Waals surface area (Å²) >= 11 is 3.06. The average Bonchev–Trinajstić information content (AvgIpc) is 2.49. The lowest BCUT2D eigenvalue weighted by Crippen LogP contribution is -1.90. The van der Waals surface area contributed by atoms with Crippen LogP contribution in [0.5, 0.6) is 0 Å². The van der Waals surface area contributed by atoms with Gasteiger partial charge in [-0.25, -0.2) is 4.98 Å². The van der Waals surface area contributed by atoms with Gasteiger partial charge in [0.2, 0.25) is 0 Å². The molecule has 1 aromatic heterocycles. The third kappa shape index (κ3) is 3.82. The summed E-state index contributed by atoms with van der Waals surface area (Å²) in [4.78, 5) is 14.6. The molecule has 0 aliphatic heterocycles. The van der Waals surface area contributed by atoms with Crippen LogP contribution in [0.1, 0.15) is 19.8 Å². The second-order valence-corrected chi connectivity index (χ2v) is 4.48. The minimum Gasteiger partial charge on any atom is -0.300 e. The molecule has 0 aliphatic carbocycles. The van der Waals surface area contributed by atoms with Crippen molar-refractivity contribution in [3.05, 3.63) is 6.33 Å². The molecule has 3 nitrogen and oxygen atoms in total. The topological polar surface area (TPSA) is 42.9 Å². The van der Waals surface area contributed by atoms with Gasteiger partial charge in [-0.3, -0.25) is 0 Å². The molecule has 0 atom stereocenters. The SMILES string of the molecule is CC(=O)CCCSc1ncns1. The van der Waals surface area contributed by atoms with E-state index in [2.05, 4.69) is 9.36 Å². The lowest BCUT2D eigenvalue weighted by Gasteiger charge is -1.93. The summed E-state index contributed by atoms with van der Waals surface area (Å²) in [5.74, 6) is 1.21. The van der Waals surface area contributed by atoms with E-state index in [4.69, 9.17) is 0 Å². The quantitative estimate of drug-likeness (QED) is 0.541. The molecule has 0 aromatic carbocycles. The van der Waals surface area contributed by atoms with Crippen LogP contribution in [0.3, 0.4) is 0 Å². The van der Waals surface area contributed by atoms with Crippen LogP contribution in [-0.4, -0.2) is 20.9 Å². The van der Waals surface area contributed by atoms with Crippen LogP contribution in [0, 0.1) is 0 Å². The van der Waals surface area contributed by atoms with Gasteiger partial charge in [-0.15, -0.1) is 0 Å². The predicted molar refractivity (Wildman–Crippen MR) is 50.5 cm³/mol. The Morgan fingerprint density at radius 3 is 3.17 bits per heavy atom. The van der Waals surface area contributed by atoms with Gasteiger partial charge in [-0.05, 0) is 24.9 Å². The van der Waals surface area contributed by atoms with Crippen LogP contribution >= 0.6 is 23.3 Å². The van der Waals surface area contributed by atoms with Gasteiger partial charge in [-0.2, -0.15) is 4.37 Å². The van der Waals surface area contributed by atoms with Gasteiger partial charge >= 0.3 is 0 Å². The van der Waals surface area contributed by atoms with Crippen molar-refractivity contribution in [1.82, 2.24) is 9.36 Å². The number of hydrogen-bond acceptors (Lipinski definition) is 5. The van der Waals surface area contributed by atoms with Crippen LogP contribution in [0.25, 0.3) is 0 Å². The minimum absolute atomic E-state index is 0.257. The highest BCUT2D eigenvalue weighted by atomic mass is 32.2. The second kappa shape index (κ2) is 5.27. The fourth-order valence-corrected chi connectivity index (χ4v) is 2.16. The molecule has 1 heterocycles. The van der Waals surface area contributed by atoms with Crippen molar-refractivity contribution in [3.8, 4) is 0 Å². The summed E-state index contributed by atoms with van der Waals surface area (Å²) in [5, 5.41) is 0. The monoisotopic (exact) mass is 202 g/mol. The summed E-state index contributed by atoms with van der Waals surface area (Å²) in [6.45, 7) is 1.62. The van der Waals surface area contributed by atoms with E-state index in [0.717, 1.165) is 16.5 Å². The molecular weight excluding hydrogens is 192 g/mol. The summed E-state index contributed by atoms with van der Waals surface area (Å²) < 4.78 is 4.86. The van der Waals surface area contributed by atoms with Crippen molar-refractivity contribution in [2.45, 2.75) is 24.1 Å². The molecule has 0 saturated heterocycles. The number of Topliss-reactive ketones (excluding diaryl/α,β-unsaturated/α-hetero) is 1. The molecule has 0 fully saturated rings. The molecular formula is C7H10N2OS2. The van der Waals surface area contributed by atoms with E-state index in [0.29, 0.717) is 6.42 Å². The highest BCUT2D eigenvalue weighted by molar-refractivity contribution is 8.00. The van der Waals surface area contributed by atoms with Gasteiger partial charge in [0.25, 0.3) is 0 Å². The predicted octanol–water partition coefficient (Wildman–Crippen LogP) is 2.00.